The van der Waals surface area contributed by atoms with Gasteiger partial charge in [-0.3, -0.25) is 0 Å². The zero-order chi connectivity index (χ0) is 9.10. The Hall–Kier alpha value is -0.600. The zero-order valence-electron chi connectivity index (χ0n) is 7.33. The van der Waals surface area contributed by atoms with Crippen molar-refractivity contribution in [2.45, 2.75) is 6.42 Å². The third kappa shape index (κ3) is 2.20. The van der Waals surface area contributed by atoms with Gasteiger partial charge in [-0.25, -0.2) is 5.32 Å². The standard InChI is InChI=1S/C11H11BrN/c12-11-3-1-9(2-4-11)10-5-7-13-8-6-10/h1-5H,6-8H2. The summed E-state index contributed by atoms with van der Waals surface area (Å²) in [5, 5.41) is 4.28. The van der Waals surface area contributed by atoms with E-state index >= 15 is 0 Å². The highest BCUT2D eigenvalue weighted by molar-refractivity contribution is 9.10. The Morgan fingerprint density at radius 2 is 1.92 bits per heavy atom. The van der Waals surface area contributed by atoms with Gasteiger partial charge in [0.25, 0.3) is 0 Å². The van der Waals surface area contributed by atoms with Gasteiger partial charge in [-0.05, 0) is 29.7 Å². The topological polar surface area (TPSA) is 14.1 Å². The SMILES string of the molecule is Brc1ccc(C2=CC[N]CC2)cc1. The molecule has 0 saturated heterocycles. The minimum atomic E-state index is 0.880. The molecule has 2 heteroatoms. The first-order chi connectivity index (χ1) is 6.36. The molecule has 13 heavy (non-hydrogen) atoms. The van der Waals surface area contributed by atoms with Gasteiger partial charge in [0, 0.05) is 17.6 Å². The van der Waals surface area contributed by atoms with E-state index in [4.69, 9.17) is 0 Å². The minimum Gasteiger partial charge on any atom is -0.237 e. The molecular weight excluding hydrogens is 226 g/mol. The van der Waals surface area contributed by atoms with Crippen molar-refractivity contribution < 1.29 is 0 Å². The predicted molar refractivity (Wildman–Crippen MR) is 58.6 cm³/mol. The van der Waals surface area contributed by atoms with E-state index in [2.05, 4.69) is 51.6 Å². The first-order valence-electron chi connectivity index (χ1n) is 4.44. The van der Waals surface area contributed by atoms with Crippen molar-refractivity contribution >= 4 is 21.5 Å². The first-order valence-corrected chi connectivity index (χ1v) is 5.24. The number of halogens is 1. The summed E-state index contributed by atoms with van der Waals surface area (Å²) >= 11 is 3.43. The molecule has 0 aliphatic carbocycles. The number of benzene rings is 1. The summed E-state index contributed by atoms with van der Waals surface area (Å²) in [4.78, 5) is 0. The van der Waals surface area contributed by atoms with Crippen LogP contribution >= 0.6 is 15.9 Å². The Labute approximate surface area is 87.0 Å². The van der Waals surface area contributed by atoms with Crippen molar-refractivity contribution in [1.29, 1.82) is 0 Å². The van der Waals surface area contributed by atoms with E-state index in [1.54, 1.807) is 0 Å². The lowest BCUT2D eigenvalue weighted by Gasteiger charge is -2.12. The maximum absolute atomic E-state index is 4.28. The molecule has 0 bridgehead atoms. The highest BCUT2D eigenvalue weighted by Crippen LogP contribution is 2.21. The summed E-state index contributed by atoms with van der Waals surface area (Å²) in [6.45, 7) is 1.85. The highest BCUT2D eigenvalue weighted by atomic mass is 79.9. The Balaban J connectivity index is 2.24. The Kier molecular flexibility index (Phi) is 2.81. The molecule has 1 nitrogen and oxygen atoms in total. The Morgan fingerprint density at radius 1 is 1.15 bits per heavy atom. The first kappa shape index (κ1) is 8.97. The van der Waals surface area contributed by atoms with Gasteiger partial charge in [-0.2, -0.15) is 0 Å². The molecule has 0 amide bonds. The molecular formula is C11H11BrN. The smallest absolute Gasteiger partial charge is 0.0320 e. The molecule has 1 aliphatic rings. The second kappa shape index (κ2) is 4.07. The summed E-state index contributed by atoms with van der Waals surface area (Å²) in [5.74, 6) is 0. The molecule has 0 spiro atoms. The number of rotatable bonds is 1. The molecule has 0 saturated carbocycles. The van der Waals surface area contributed by atoms with Gasteiger partial charge in [0.15, 0.2) is 0 Å². The lowest BCUT2D eigenvalue weighted by molar-refractivity contribution is 0.723. The minimum absolute atomic E-state index is 0.880. The lowest BCUT2D eigenvalue weighted by atomic mass is 10.0. The summed E-state index contributed by atoms with van der Waals surface area (Å²) in [6.07, 6.45) is 3.30. The average Bonchev–Trinajstić information content (AvgIpc) is 2.20. The fraction of sp³-hybridized carbons (Fsp3) is 0.273. The predicted octanol–water partition coefficient (Wildman–Crippen LogP) is 2.84. The lowest BCUT2D eigenvalue weighted by Crippen LogP contribution is -2.12. The van der Waals surface area contributed by atoms with Crippen LogP contribution in [0.4, 0.5) is 0 Å². The molecule has 0 N–H and O–H groups in total. The second-order valence-electron chi connectivity index (χ2n) is 3.12. The molecule has 67 valence electrons. The largest absolute Gasteiger partial charge is 0.237 e. The van der Waals surface area contributed by atoms with E-state index in [0.29, 0.717) is 0 Å². The van der Waals surface area contributed by atoms with E-state index in [0.717, 1.165) is 24.0 Å². The highest BCUT2D eigenvalue weighted by Gasteiger charge is 2.05. The van der Waals surface area contributed by atoms with Crippen LogP contribution in [0.15, 0.2) is 34.8 Å². The van der Waals surface area contributed by atoms with E-state index < -0.39 is 0 Å². The zero-order valence-corrected chi connectivity index (χ0v) is 8.92. The van der Waals surface area contributed by atoms with Crippen molar-refractivity contribution in [3.05, 3.63) is 40.4 Å². The van der Waals surface area contributed by atoms with Crippen molar-refractivity contribution in [3.63, 3.8) is 0 Å². The van der Waals surface area contributed by atoms with Crippen molar-refractivity contribution in [1.82, 2.24) is 5.32 Å². The van der Waals surface area contributed by atoms with Gasteiger partial charge < -0.3 is 0 Å². The normalized spacial score (nSPS) is 16.8. The number of hydrogen-bond donors (Lipinski definition) is 0. The van der Waals surface area contributed by atoms with Gasteiger partial charge in [0.1, 0.15) is 0 Å². The molecule has 0 unspecified atom stereocenters. The van der Waals surface area contributed by atoms with Crippen LogP contribution < -0.4 is 5.32 Å². The second-order valence-corrected chi connectivity index (χ2v) is 4.03. The summed E-state index contributed by atoms with van der Waals surface area (Å²) < 4.78 is 1.14. The molecule has 1 heterocycles. The summed E-state index contributed by atoms with van der Waals surface area (Å²) in [6, 6.07) is 8.48. The van der Waals surface area contributed by atoms with E-state index in [1.165, 1.54) is 11.1 Å². The molecule has 1 aromatic rings. The van der Waals surface area contributed by atoms with Crippen LogP contribution in [0.5, 0.6) is 0 Å². The maximum atomic E-state index is 4.28. The van der Waals surface area contributed by atoms with Gasteiger partial charge in [0.05, 0.1) is 0 Å². The van der Waals surface area contributed by atoms with Crippen LogP contribution in [0, 0.1) is 0 Å². The Bertz CT molecular complexity index is 313. The molecule has 1 aromatic carbocycles. The van der Waals surface area contributed by atoms with E-state index in [9.17, 15) is 0 Å². The average molecular weight is 237 g/mol. The Morgan fingerprint density at radius 3 is 2.54 bits per heavy atom. The fourth-order valence-electron chi connectivity index (χ4n) is 1.49. The molecule has 1 radical (unpaired) electrons. The summed E-state index contributed by atoms with van der Waals surface area (Å²) in [5.41, 5.74) is 2.76. The molecule has 0 fully saturated rings. The van der Waals surface area contributed by atoms with Gasteiger partial charge in [-0.15, -0.1) is 0 Å². The number of hydrogen-bond acceptors (Lipinski definition) is 0. The molecule has 1 aliphatic heterocycles. The van der Waals surface area contributed by atoms with E-state index in [-0.39, 0.29) is 0 Å². The van der Waals surface area contributed by atoms with Crippen molar-refractivity contribution in [2.24, 2.45) is 0 Å². The van der Waals surface area contributed by atoms with Gasteiger partial charge in [0.2, 0.25) is 0 Å². The summed E-state index contributed by atoms with van der Waals surface area (Å²) in [7, 11) is 0. The van der Waals surface area contributed by atoms with E-state index in [1.807, 2.05) is 0 Å². The van der Waals surface area contributed by atoms with Gasteiger partial charge >= 0.3 is 0 Å². The molecule has 2 rings (SSSR count). The number of nitrogens with zero attached hydrogens (tertiary/aromatic N) is 1. The van der Waals surface area contributed by atoms with Crippen LogP contribution in [-0.2, 0) is 0 Å². The van der Waals surface area contributed by atoms with Crippen LogP contribution in [0.25, 0.3) is 5.57 Å². The third-order valence-corrected chi connectivity index (χ3v) is 2.75. The van der Waals surface area contributed by atoms with Crippen LogP contribution in [0.1, 0.15) is 12.0 Å². The third-order valence-electron chi connectivity index (χ3n) is 2.22. The van der Waals surface area contributed by atoms with Crippen LogP contribution in [-0.4, -0.2) is 13.1 Å². The van der Waals surface area contributed by atoms with Crippen LogP contribution in [0.3, 0.4) is 0 Å². The van der Waals surface area contributed by atoms with Crippen LogP contribution in [0.2, 0.25) is 0 Å². The van der Waals surface area contributed by atoms with Crippen molar-refractivity contribution in [3.8, 4) is 0 Å². The fourth-order valence-corrected chi connectivity index (χ4v) is 1.76. The van der Waals surface area contributed by atoms with Crippen molar-refractivity contribution in [2.75, 3.05) is 13.1 Å². The molecule has 0 atom stereocenters. The quantitative estimate of drug-likeness (QED) is 0.713. The maximum Gasteiger partial charge on any atom is 0.0320 e. The van der Waals surface area contributed by atoms with Gasteiger partial charge in [-0.1, -0.05) is 34.1 Å². The monoisotopic (exact) mass is 236 g/mol. The molecule has 0 aromatic heterocycles.